The van der Waals surface area contributed by atoms with Gasteiger partial charge in [-0.3, -0.25) is 9.59 Å². The number of nitrogens with zero attached hydrogens (tertiary/aromatic N) is 1. The molecule has 0 saturated heterocycles. The molecular formula is C13H15NO4. The summed E-state index contributed by atoms with van der Waals surface area (Å²) in [4.78, 5) is 23.0. The fourth-order valence-corrected chi connectivity index (χ4v) is 3.05. The van der Waals surface area contributed by atoms with E-state index in [1.807, 2.05) is 0 Å². The summed E-state index contributed by atoms with van der Waals surface area (Å²) in [6, 6.07) is 0. The van der Waals surface area contributed by atoms with Crippen LogP contribution in [0.5, 0.6) is 0 Å². The van der Waals surface area contributed by atoms with Gasteiger partial charge < -0.3 is 9.63 Å². The lowest BCUT2D eigenvalue weighted by molar-refractivity contribution is -0.141. The largest absolute Gasteiger partial charge is 0.481 e. The van der Waals surface area contributed by atoms with Crippen LogP contribution in [0.2, 0.25) is 0 Å². The first-order valence-corrected chi connectivity index (χ1v) is 6.41. The summed E-state index contributed by atoms with van der Waals surface area (Å²) in [5.41, 5.74) is 1.36. The standard InChI is InChI=1S/C13H15NO4/c15-9-5-8(13(16)17)6-10-11(9)12(14-18-10)7-3-1-2-4-7/h7-8H,1-6H2,(H,16,17). The lowest BCUT2D eigenvalue weighted by Crippen LogP contribution is -2.26. The van der Waals surface area contributed by atoms with Gasteiger partial charge in [0.25, 0.3) is 0 Å². The minimum Gasteiger partial charge on any atom is -0.481 e. The quantitative estimate of drug-likeness (QED) is 0.868. The first kappa shape index (κ1) is 11.4. The third-order valence-corrected chi connectivity index (χ3v) is 4.02. The maximum Gasteiger partial charge on any atom is 0.307 e. The van der Waals surface area contributed by atoms with E-state index in [0.717, 1.165) is 31.4 Å². The van der Waals surface area contributed by atoms with Crippen LogP contribution in [0.1, 0.15) is 59.8 Å². The summed E-state index contributed by atoms with van der Waals surface area (Å²) in [6.45, 7) is 0. The number of aromatic nitrogens is 1. The number of carboxylic acids is 1. The van der Waals surface area contributed by atoms with Crippen LogP contribution in [0.3, 0.4) is 0 Å². The molecule has 1 saturated carbocycles. The molecule has 18 heavy (non-hydrogen) atoms. The van der Waals surface area contributed by atoms with Crippen LogP contribution in [0, 0.1) is 5.92 Å². The number of Topliss-reactive ketones (excluding diaryl/α,β-unsaturated/α-hetero) is 1. The van der Waals surface area contributed by atoms with Crippen molar-refractivity contribution < 1.29 is 19.2 Å². The van der Waals surface area contributed by atoms with E-state index in [1.54, 1.807) is 0 Å². The van der Waals surface area contributed by atoms with Crippen LogP contribution in [0.25, 0.3) is 0 Å². The van der Waals surface area contributed by atoms with Crippen molar-refractivity contribution in [3.8, 4) is 0 Å². The van der Waals surface area contributed by atoms with Gasteiger partial charge in [-0.05, 0) is 12.8 Å². The molecule has 1 aromatic heterocycles. The second kappa shape index (κ2) is 4.23. The second-order valence-corrected chi connectivity index (χ2v) is 5.21. The van der Waals surface area contributed by atoms with E-state index in [4.69, 9.17) is 9.63 Å². The molecule has 2 aliphatic rings. The van der Waals surface area contributed by atoms with Crippen LogP contribution < -0.4 is 0 Å². The van der Waals surface area contributed by atoms with Gasteiger partial charge in [-0.2, -0.15) is 0 Å². The van der Waals surface area contributed by atoms with E-state index in [9.17, 15) is 9.59 Å². The molecule has 1 atom stereocenters. The Balaban J connectivity index is 1.94. The van der Waals surface area contributed by atoms with Crippen molar-refractivity contribution in [1.82, 2.24) is 5.16 Å². The Morgan fingerprint density at radius 1 is 1.28 bits per heavy atom. The third kappa shape index (κ3) is 1.74. The normalized spacial score (nSPS) is 24.2. The van der Waals surface area contributed by atoms with Crippen LogP contribution >= 0.6 is 0 Å². The van der Waals surface area contributed by atoms with Crippen molar-refractivity contribution in [2.45, 2.75) is 44.4 Å². The van der Waals surface area contributed by atoms with Gasteiger partial charge in [-0.25, -0.2) is 0 Å². The van der Waals surface area contributed by atoms with Crippen LogP contribution in [0.4, 0.5) is 0 Å². The van der Waals surface area contributed by atoms with Gasteiger partial charge in [0, 0.05) is 18.8 Å². The SMILES string of the molecule is O=C1CC(C(=O)O)Cc2onc(C3CCCC3)c21. The Morgan fingerprint density at radius 2 is 2.00 bits per heavy atom. The number of ketones is 1. The van der Waals surface area contributed by atoms with Crippen molar-refractivity contribution in [2.24, 2.45) is 5.92 Å². The van der Waals surface area contributed by atoms with E-state index >= 15 is 0 Å². The van der Waals surface area contributed by atoms with Gasteiger partial charge in [0.15, 0.2) is 5.78 Å². The molecule has 0 radical (unpaired) electrons. The monoisotopic (exact) mass is 249 g/mol. The summed E-state index contributed by atoms with van der Waals surface area (Å²) >= 11 is 0. The first-order chi connectivity index (χ1) is 8.66. The van der Waals surface area contributed by atoms with E-state index in [-0.39, 0.29) is 18.6 Å². The van der Waals surface area contributed by atoms with Gasteiger partial charge in [-0.1, -0.05) is 18.0 Å². The molecule has 1 unspecified atom stereocenters. The summed E-state index contributed by atoms with van der Waals surface area (Å²) < 4.78 is 5.22. The van der Waals surface area contributed by atoms with Crippen molar-refractivity contribution in [3.63, 3.8) is 0 Å². The Morgan fingerprint density at radius 3 is 2.67 bits per heavy atom. The van der Waals surface area contributed by atoms with Gasteiger partial charge in [0.1, 0.15) is 5.76 Å². The lowest BCUT2D eigenvalue weighted by atomic mass is 9.84. The number of hydrogen-bond donors (Lipinski definition) is 1. The zero-order valence-corrected chi connectivity index (χ0v) is 10.0. The molecule has 1 fully saturated rings. The number of aliphatic carboxylic acids is 1. The smallest absolute Gasteiger partial charge is 0.307 e. The van der Waals surface area contributed by atoms with Crippen LogP contribution in [-0.4, -0.2) is 22.0 Å². The molecule has 2 aliphatic carbocycles. The predicted octanol–water partition coefficient (Wildman–Crippen LogP) is 2.16. The highest BCUT2D eigenvalue weighted by Gasteiger charge is 2.37. The first-order valence-electron chi connectivity index (χ1n) is 6.41. The number of carbonyl (C=O) groups is 2. The summed E-state index contributed by atoms with van der Waals surface area (Å²) in [7, 11) is 0. The van der Waals surface area contributed by atoms with E-state index in [2.05, 4.69) is 5.16 Å². The highest BCUT2D eigenvalue weighted by atomic mass is 16.5. The molecule has 0 amide bonds. The topological polar surface area (TPSA) is 80.4 Å². The maximum atomic E-state index is 12.1. The molecule has 1 heterocycles. The van der Waals surface area contributed by atoms with Gasteiger partial charge in [0.2, 0.25) is 0 Å². The summed E-state index contributed by atoms with van der Waals surface area (Å²) in [5, 5.41) is 13.0. The minimum absolute atomic E-state index is 0.0727. The molecule has 0 aliphatic heterocycles. The van der Waals surface area contributed by atoms with Crippen molar-refractivity contribution in [3.05, 3.63) is 17.0 Å². The summed E-state index contributed by atoms with van der Waals surface area (Å²) in [5.74, 6) is -0.919. The van der Waals surface area contributed by atoms with Crippen LogP contribution in [0.15, 0.2) is 4.52 Å². The van der Waals surface area contributed by atoms with Crippen molar-refractivity contribution in [1.29, 1.82) is 0 Å². The second-order valence-electron chi connectivity index (χ2n) is 5.21. The van der Waals surface area contributed by atoms with Crippen molar-refractivity contribution in [2.75, 3.05) is 0 Å². The highest BCUT2D eigenvalue weighted by Crippen LogP contribution is 2.38. The van der Waals surface area contributed by atoms with Gasteiger partial charge in [-0.15, -0.1) is 0 Å². The number of hydrogen-bond acceptors (Lipinski definition) is 4. The molecule has 5 nitrogen and oxygen atoms in total. The average molecular weight is 249 g/mol. The van der Waals surface area contributed by atoms with Gasteiger partial charge in [0.05, 0.1) is 17.2 Å². The number of carbonyl (C=O) groups excluding carboxylic acids is 1. The molecule has 3 rings (SSSR count). The molecule has 1 N–H and O–H groups in total. The molecule has 0 bridgehead atoms. The lowest BCUT2D eigenvalue weighted by Gasteiger charge is -2.16. The molecule has 1 aromatic rings. The maximum absolute atomic E-state index is 12.1. The van der Waals surface area contributed by atoms with E-state index in [0.29, 0.717) is 17.2 Å². The van der Waals surface area contributed by atoms with Crippen molar-refractivity contribution >= 4 is 11.8 Å². The molecule has 96 valence electrons. The minimum atomic E-state index is -0.937. The average Bonchev–Trinajstić information content (AvgIpc) is 2.96. The Bertz CT molecular complexity index is 499. The Hall–Kier alpha value is -1.65. The van der Waals surface area contributed by atoms with E-state index < -0.39 is 11.9 Å². The fraction of sp³-hybridized carbons (Fsp3) is 0.615. The Labute approximate surface area is 104 Å². The van der Waals surface area contributed by atoms with Gasteiger partial charge >= 0.3 is 5.97 Å². The predicted molar refractivity (Wildman–Crippen MR) is 61.5 cm³/mol. The third-order valence-electron chi connectivity index (χ3n) is 4.02. The number of carboxylic acid groups (broad SMARTS) is 1. The van der Waals surface area contributed by atoms with E-state index in [1.165, 1.54) is 0 Å². The number of fused-ring (bicyclic) bond motifs is 1. The highest BCUT2D eigenvalue weighted by molar-refractivity contribution is 6.01. The Kier molecular flexibility index (Phi) is 2.69. The molecule has 5 heteroatoms. The number of rotatable bonds is 2. The van der Waals surface area contributed by atoms with Crippen LogP contribution in [-0.2, 0) is 11.2 Å². The molecule has 0 aromatic carbocycles. The zero-order chi connectivity index (χ0) is 12.7. The summed E-state index contributed by atoms with van der Waals surface area (Å²) in [6.07, 6.45) is 4.79. The molecular weight excluding hydrogens is 234 g/mol. The molecule has 0 spiro atoms. The zero-order valence-electron chi connectivity index (χ0n) is 10.0. The fourth-order valence-electron chi connectivity index (χ4n) is 3.05.